The van der Waals surface area contributed by atoms with E-state index in [0.717, 1.165) is 84.3 Å². The molecule has 0 aromatic rings. The van der Waals surface area contributed by atoms with Gasteiger partial charge in [0.1, 0.15) is 5.54 Å². The van der Waals surface area contributed by atoms with Crippen molar-refractivity contribution in [3.05, 3.63) is 0 Å². The molecule has 138 valence electrons. The lowest BCUT2D eigenvalue weighted by Crippen LogP contribution is -2.64. The summed E-state index contributed by atoms with van der Waals surface area (Å²) in [6.45, 7) is 7.14. The number of hydrogen-bond donors (Lipinski definition) is 1. The smallest absolute Gasteiger partial charge is 0.243 e. The van der Waals surface area contributed by atoms with E-state index >= 15 is 0 Å². The van der Waals surface area contributed by atoms with Gasteiger partial charge in [0.05, 0.1) is 19.8 Å². The van der Waals surface area contributed by atoms with Crippen molar-refractivity contribution in [3.8, 4) is 0 Å². The van der Waals surface area contributed by atoms with E-state index in [1.165, 1.54) is 6.42 Å². The Morgan fingerprint density at radius 1 is 1.04 bits per heavy atom. The van der Waals surface area contributed by atoms with Crippen molar-refractivity contribution in [2.45, 2.75) is 63.8 Å². The van der Waals surface area contributed by atoms with Gasteiger partial charge in [-0.05, 0) is 32.1 Å². The summed E-state index contributed by atoms with van der Waals surface area (Å²) in [5, 5.41) is 9.90. The number of aliphatic hydroxyl groups excluding tert-OH is 1. The highest BCUT2D eigenvalue weighted by Gasteiger charge is 2.48. The van der Waals surface area contributed by atoms with Crippen LogP contribution in [0.3, 0.4) is 0 Å². The molecular weight excluding hydrogens is 304 g/mol. The molecule has 1 N–H and O–H groups in total. The molecular formula is C19H34N2O3. The first-order valence-corrected chi connectivity index (χ1v) is 9.89. The Hall–Kier alpha value is -0.650. The number of carbonyl (C=O) groups is 1. The number of hydrogen-bond acceptors (Lipinski definition) is 4. The number of rotatable bonds is 4. The number of carbonyl (C=O) groups excluding carboxylic acids is 1. The Morgan fingerprint density at radius 2 is 1.75 bits per heavy atom. The second-order valence-corrected chi connectivity index (χ2v) is 8.03. The van der Waals surface area contributed by atoms with Crippen LogP contribution in [0, 0.1) is 5.41 Å². The lowest BCUT2D eigenvalue weighted by molar-refractivity contribution is -0.155. The molecule has 3 aliphatic rings. The number of amides is 1. The van der Waals surface area contributed by atoms with E-state index in [-0.39, 0.29) is 17.6 Å². The number of morpholine rings is 1. The average Bonchev–Trinajstić information content (AvgIpc) is 2.68. The minimum atomic E-state index is -0.311. The number of nitrogens with zero attached hydrogens (tertiary/aromatic N) is 2. The highest BCUT2D eigenvalue weighted by atomic mass is 16.5. The van der Waals surface area contributed by atoms with Crippen molar-refractivity contribution in [3.63, 3.8) is 0 Å². The Bertz CT molecular complexity index is 424. The molecule has 1 amide bonds. The Balaban J connectivity index is 1.80. The summed E-state index contributed by atoms with van der Waals surface area (Å²) in [6, 6.07) is 0. The predicted octanol–water partition coefficient (Wildman–Crippen LogP) is 2.03. The number of aliphatic hydroxyl groups is 1. The summed E-state index contributed by atoms with van der Waals surface area (Å²) in [5.74, 6) is 0.329. The fourth-order valence-electron chi connectivity index (χ4n) is 5.00. The van der Waals surface area contributed by atoms with Crippen LogP contribution in [-0.2, 0) is 9.53 Å². The van der Waals surface area contributed by atoms with Crippen molar-refractivity contribution in [1.29, 1.82) is 0 Å². The Kier molecular flexibility index (Phi) is 5.83. The molecule has 0 bridgehead atoms. The summed E-state index contributed by atoms with van der Waals surface area (Å²) in [6.07, 6.45) is 8.51. The molecule has 0 unspecified atom stereocenters. The summed E-state index contributed by atoms with van der Waals surface area (Å²) in [5.41, 5.74) is -0.400. The van der Waals surface area contributed by atoms with Crippen molar-refractivity contribution in [1.82, 2.24) is 9.80 Å². The summed E-state index contributed by atoms with van der Waals surface area (Å²) < 4.78 is 5.53. The summed E-state index contributed by atoms with van der Waals surface area (Å²) in [4.78, 5) is 18.2. The summed E-state index contributed by atoms with van der Waals surface area (Å²) >= 11 is 0. The molecule has 3 fully saturated rings. The van der Waals surface area contributed by atoms with Crippen LogP contribution in [0.2, 0.25) is 0 Å². The van der Waals surface area contributed by atoms with Crippen LogP contribution in [-0.4, -0.2) is 72.4 Å². The first-order valence-electron chi connectivity index (χ1n) is 9.89. The third-order valence-corrected chi connectivity index (χ3v) is 6.73. The van der Waals surface area contributed by atoms with E-state index in [2.05, 4.69) is 16.7 Å². The monoisotopic (exact) mass is 338 g/mol. The fourth-order valence-corrected chi connectivity index (χ4v) is 5.00. The third kappa shape index (κ3) is 3.35. The van der Waals surface area contributed by atoms with Gasteiger partial charge in [-0.15, -0.1) is 0 Å². The second kappa shape index (κ2) is 7.71. The Morgan fingerprint density at radius 3 is 2.38 bits per heavy atom. The highest BCUT2D eigenvalue weighted by Crippen LogP contribution is 2.39. The van der Waals surface area contributed by atoms with Gasteiger partial charge < -0.3 is 14.7 Å². The second-order valence-electron chi connectivity index (χ2n) is 8.03. The van der Waals surface area contributed by atoms with Gasteiger partial charge in [0, 0.05) is 31.6 Å². The van der Waals surface area contributed by atoms with Crippen molar-refractivity contribution in [2.75, 3.05) is 46.0 Å². The van der Waals surface area contributed by atoms with Gasteiger partial charge in [0.25, 0.3) is 0 Å². The predicted molar refractivity (Wildman–Crippen MR) is 93.8 cm³/mol. The lowest BCUT2D eigenvalue weighted by Gasteiger charge is -2.51. The maximum Gasteiger partial charge on any atom is 0.243 e. The maximum atomic E-state index is 13.7. The maximum absolute atomic E-state index is 13.7. The molecule has 0 aromatic heterocycles. The van der Waals surface area contributed by atoms with Gasteiger partial charge in [-0.3, -0.25) is 9.69 Å². The number of ether oxygens (including phenoxy) is 1. The van der Waals surface area contributed by atoms with Crippen LogP contribution in [0.15, 0.2) is 0 Å². The van der Waals surface area contributed by atoms with Crippen LogP contribution in [0.5, 0.6) is 0 Å². The minimum Gasteiger partial charge on any atom is -0.396 e. The zero-order valence-corrected chi connectivity index (χ0v) is 15.3. The fraction of sp³-hybridized carbons (Fsp3) is 0.947. The molecule has 2 saturated heterocycles. The van der Waals surface area contributed by atoms with E-state index in [1.807, 2.05) is 0 Å². The topological polar surface area (TPSA) is 53.0 Å². The van der Waals surface area contributed by atoms with Crippen molar-refractivity contribution in [2.24, 2.45) is 5.41 Å². The molecule has 1 aliphatic carbocycles. The quantitative estimate of drug-likeness (QED) is 0.852. The van der Waals surface area contributed by atoms with Crippen LogP contribution in [0.4, 0.5) is 0 Å². The number of likely N-dealkylation sites (tertiary alicyclic amines) is 1. The molecule has 0 radical (unpaired) electrons. The zero-order valence-electron chi connectivity index (χ0n) is 15.3. The largest absolute Gasteiger partial charge is 0.396 e. The van der Waals surface area contributed by atoms with Crippen LogP contribution in [0.1, 0.15) is 58.3 Å². The van der Waals surface area contributed by atoms with Crippen LogP contribution in [0.25, 0.3) is 0 Å². The van der Waals surface area contributed by atoms with Crippen LogP contribution >= 0.6 is 0 Å². The van der Waals surface area contributed by atoms with Gasteiger partial charge in [0.2, 0.25) is 5.91 Å². The van der Waals surface area contributed by atoms with E-state index in [9.17, 15) is 9.90 Å². The number of piperidine rings is 1. The Labute approximate surface area is 146 Å². The summed E-state index contributed by atoms with van der Waals surface area (Å²) in [7, 11) is 0. The first kappa shape index (κ1) is 18.2. The van der Waals surface area contributed by atoms with E-state index < -0.39 is 0 Å². The van der Waals surface area contributed by atoms with E-state index in [1.54, 1.807) is 0 Å². The molecule has 0 aromatic carbocycles. The van der Waals surface area contributed by atoms with Crippen LogP contribution < -0.4 is 0 Å². The molecule has 2 aliphatic heterocycles. The van der Waals surface area contributed by atoms with Gasteiger partial charge in [-0.2, -0.15) is 0 Å². The molecule has 2 heterocycles. The molecule has 1 saturated carbocycles. The molecule has 24 heavy (non-hydrogen) atoms. The molecule has 5 nitrogen and oxygen atoms in total. The van der Waals surface area contributed by atoms with Gasteiger partial charge >= 0.3 is 0 Å². The molecule has 5 heteroatoms. The highest BCUT2D eigenvalue weighted by molar-refractivity contribution is 5.86. The zero-order chi connectivity index (χ0) is 17.0. The first-order chi connectivity index (χ1) is 11.7. The average molecular weight is 338 g/mol. The standard InChI is InChI=1S/C19H34N2O3/c1-2-18(16-22)7-6-10-20(15-18)17(23)19(8-4-3-5-9-19)21-11-13-24-14-12-21/h22H,2-16H2,1H3/t18-/m1/s1. The lowest BCUT2D eigenvalue weighted by atomic mass is 9.75. The minimum absolute atomic E-state index is 0.0885. The third-order valence-electron chi connectivity index (χ3n) is 6.73. The van der Waals surface area contributed by atoms with E-state index in [0.29, 0.717) is 5.91 Å². The normalized spacial score (nSPS) is 31.8. The van der Waals surface area contributed by atoms with E-state index in [4.69, 9.17) is 4.74 Å². The SMILES string of the molecule is CC[C@@]1(CO)CCCN(C(=O)C2(N3CCOCC3)CCCCC2)C1. The van der Waals surface area contributed by atoms with Crippen molar-refractivity contribution < 1.29 is 14.6 Å². The van der Waals surface area contributed by atoms with Gasteiger partial charge in [-0.1, -0.05) is 26.2 Å². The van der Waals surface area contributed by atoms with Gasteiger partial charge in [-0.25, -0.2) is 0 Å². The van der Waals surface area contributed by atoms with Crippen molar-refractivity contribution >= 4 is 5.91 Å². The van der Waals surface area contributed by atoms with Gasteiger partial charge in [0.15, 0.2) is 0 Å². The molecule has 0 spiro atoms. The molecule has 3 rings (SSSR count). The molecule has 1 atom stereocenters.